The Labute approximate surface area is 126 Å². The van der Waals surface area contributed by atoms with Gasteiger partial charge in [-0.15, -0.1) is 0 Å². The molecular weight excluding hydrogens is 320 g/mol. The molecule has 1 aromatic carbocycles. The number of hydrogen-bond donors (Lipinski definition) is 1. The third-order valence-electron chi connectivity index (χ3n) is 4.28. The number of nitrogens with one attached hydrogen (secondary N) is 1. The molecule has 19 heavy (non-hydrogen) atoms. The molecule has 3 unspecified atom stereocenters. The van der Waals surface area contributed by atoms with Crippen LogP contribution in [0.4, 0.5) is 5.13 Å². The van der Waals surface area contributed by atoms with Gasteiger partial charge in [-0.25, -0.2) is 4.98 Å². The first kappa shape index (κ1) is 13.4. The lowest BCUT2D eigenvalue weighted by Gasteiger charge is -2.32. The van der Waals surface area contributed by atoms with Gasteiger partial charge in [-0.2, -0.15) is 0 Å². The summed E-state index contributed by atoms with van der Waals surface area (Å²) in [5.74, 6) is 1.68. The van der Waals surface area contributed by atoms with Crippen molar-refractivity contribution in [3.63, 3.8) is 0 Å². The van der Waals surface area contributed by atoms with Crippen LogP contribution in [-0.4, -0.2) is 11.0 Å². The van der Waals surface area contributed by atoms with E-state index in [4.69, 9.17) is 0 Å². The molecule has 2 nitrogen and oxygen atoms in total. The zero-order valence-electron chi connectivity index (χ0n) is 11.3. The zero-order valence-corrected chi connectivity index (χ0v) is 13.7. The van der Waals surface area contributed by atoms with Crippen LogP contribution in [0.5, 0.6) is 0 Å². The Morgan fingerprint density at radius 2 is 2.11 bits per heavy atom. The van der Waals surface area contributed by atoms with Gasteiger partial charge in [0.1, 0.15) is 0 Å². The highest BCUT2D eigenvalue weighted by Gasteiger charge is 2.24. The van der Waals surface area contributed by atoms with Crippen molar-refractivity contribution in [1.29, 1.82) is 0 Å². The quantitative estimate of drug-likeness (QED) is 0.803. The van der Waals surface area contributed by atoms with E-state index in [1.807, 2.05) is 0 Å². The lowest BCUT2D eigenvalue weighted by Crippen LogP contribution is -2.30. The topological polar surface area (TPSA) is 24.9 Å². The third-order valence-corrected chi connectivity index (χ3v) is 5.74. The van der Waals surface area contributed by atoms with E-state index in [0.29, 0.717) is 6.04 Å². The number of halogens is 1. The Kier molecular flexibility index (Phi) is 3.81. The molecule has 0 aliphatic heterocycles. The molecule has 1 saturated carbocycles. The molecule has 0 spiro atoms. The van der Waals surface area contributed by atoms with Crippen LogP contribution >= 0.6 is 27.3 Å². The summed E-state index contributed by atoms with van der Waals surface area (Å²) in [6, 6.07) is 6.89. The maximum absolute atomic E-state index is 4.69. The van der Waals surface area contributed by atoms with Crippen molar-refractivity contribution in [2.45, 2.75) is 39.2 Å². The number of benzene rings is 1. The minimum Gasteiger partial charge on any atom is -0.359 e. The summed E-state index contributed by atoms with van der Waals surface area (Å²) in [6.07, 6.45) is 3.86. The maximum atomic E-state index is 4.69. The highest BCUT2D eigenvalue weighted by molar-refractivity contribution is 9.10. The van der Waals surface area contributed by atoms with E-state index in [1.165, 1.54) is 24.0 Å². The summed E-state index contributed by atoms with van der Waals surface area (Å²) in [6.45, 7) is 4.74. The van der Waals surface area contributed by atoms with Gasteiger partial charge in [-0.1, -0.05) is 41.1 Å². The Morgan fingerprint density at radius 3 is 2.89 bits per heavy atom. The average molecular weight is 339 g/mol. The molecule has 102 valence electrons. The van der Waals surface area contributed by atoms with Crippen LogP contribution < -0.4 is 5.32 Å². The van der Waals surface area contributed by atoms with Gasteiger partial charge in [0.2, 0.25) is 0 Å². The molecule has 4 heteroatoms. The zero-order chi connectivity index (χ0) is 13.4. The Balaban J connectivity index is 1.74. The third kappa shape index (κ3) is 2.95. The molecule has 0 radical (unpaired) electrons. The van der Waals surface area contributed by atoms with Crippen LogP contribution in [0.2, 0.25) is 0 Å². The second kappa shape index (κ2) is 5.41. The van der Waals surface area contributed by atoms with Gasteiger partial charge in [0.15, 0.2) is 5.13 Å². The van der Waals surface area contributed by atoms with E-state index in [0.717, 1.165) is 27.0 Å². The highest BCUT2D eigenvalue weighted by atomic mass is 79.9. The summed E-state index contributed by atoms with van der Waals surface area (Å²) < 4.78 is 2.35. The van der Waals surface area contributed by atoms with Crippen LogP contribution in [0, 0.1) is 11.8 Å². The van der Waals surface area contributed by atoms with E-state index >= 15 is 0 Å². The van der Waals surface area contributed by atoms with Crippen LogP contribution in [0.15, 0.2) is 22.7 Å². The number of anilines is 1. The number of thiazole rings is 1. The fourth-order valence-electron chi connectivity index (χ4n) is 2.82. The van der Waals surface area contributed by atoms with Gasteiger partial charge in [0, 0.05) is 10.5 Å². The fourth-order valence-corrected chi connectivity index (χ4v) is 4.09. The second-order valence-electron chi connectivity index (χ2n) is 5.74. The minimum atomic E-state index is 0.593. The molecule has 2 aromatic rings. The van der Waals surface area contributed by atoms with Crippen molar-refractivity contribution in [2.24, 2.45) is 11.8 Å². The molecule has 1 N–H and O–H groups in total. The van der Waals surface area contributed by atoms with Gasteiger partial charge in [-0.3, -0.25) is 0 Å². The largest absolute Gasteiger partial charge is 0.359 e. The van der Waals surface area contributed by atoms with Gasteiger partial charge < -0.3 is 5.32 Å². The van der Waals surface area contributed by atoms with E-state index in [9.17, 15) is 0 Å². The van der Waals surface area contributed by atoms with E-state index in [-0.39, 0.29) is 0 Å². The van der Waals surface area contributed by atoms with Gasteiger partial charge in [0.25, 0.3) is 0 Å². The van der Waals surface area contributed by atoms with Crippen molar-refractivity contribution < 1.29 is 0 Å². The summed E-state index contributed by atoms with van der Waals surface area (Å²) >= 11 is 5.26. The standard InChI is InChI=1S/C15H19BrN2S/c1-9-3-5-12(7-10(9)2)17-15-18-13-8-11(16)4-6-14(13)19-15/h4,6,8-10,12H,3,5,7H2,1-2H3,(H,17,18). The van der Waals surface area contributed by atoms with Crippen molar-refractivity contribution in [3.8, 4) is 0 Å². The first-order valence-electron chi connectivity index (χ1n) is 6.94. The van der Waals surface area contributed by atoms with Crippen LogP contribution in [-0.2, 0) is 0 Å². The molecule has 1 aliphatic rings. The number of aromatic nitrogens is 1. The van der Waals surface area contributed by atoms with Gasteiger partial charge in [-0.05, 0) is 49.3 Å². The molecule has 0 bridgehead atoms. The normalized spacial score (nSPS) is 27.6. The molecule has 3 atom stereocenters. The molecular formula is C15H19BrN2S. The number of hydrogen-bond acceptors (Lipinski definition) is 3. The first-order valence-corrected chi connectivity index (χ1v) is 8.55. The van der Waals surface area contributed by atoms with Crippen molar-refractivity contribution in [1.82, 2.24) is 4.98 Å². The van der Waals surface area contributed by atoms with Crippen LogP contribution in [0.25, 0.3) is 10.2 Å². The molecule has 1 heterocycles. The van der Waals surface area contributed by atoms with Crippen molar-refractivity contribution >= 4 is 42.6 Å². The van der Waals surface area contributed by atoms with E-state index in [1.54, 1.807) is 11.3 Å². The molecule has 1 aliphatic carbocycles. The highest BCUT2D eigenvalue weighted by Crippen LogP contribution is 2.33. The van der Waals surface area contributed by atoms with Crippen molar-refractivity contribution in [3.05, 3.63) is 22.7 Å². The van der Waals surface area contributed by atoms with Crippen LogP contribution in [0.1, 0.15) is 33.1 Å². The minimum absolute atomic E-state index is 0.593. The summed E-state index contributed by atoms with van der Waals surface area (Å²) in [7, 11) is 0. The first-order chi connectivity index (χ1) is 9.11. The molecule has 0 saturated heterocycles. The predicted octanol–water partition coefficient (Wildman–Crippen LogP) is 5.30. The number of rotatable bonds is 2. The Bertz CT molecular complexity index is 581. The molecule has 1 fully saturated rings. The second-order valence-corrected chi connectivity index (χ2v) is 7.69. The SMILES string of the molecule is CC1CCC(Nc2nc3cc(Br)ccc3s2)CC1C. The lowest BCUT2D eigenvalue weighted by molar-refractivity contribution is 0.261. The fraction of sp³-hybridized carbons (Fsp3) is 0.533. The molecule has 1 aromatic heterocycles. The predicted molar refractivity (Wildman–Crippen MR) is 86.9 cm³/mol. The van der Waals surface area contributed by atoms with E-state index in [2.05, 4.69) is 58.3 Å². The smallest absolute Gasteiger partial charge is 0.184 e. The summed E-state index contributed by atoms with van der Waals surface area (Å²) in [5.41, 5.74) is 1.08. The van der Waals surface area contributed by atoms with Crippen molar-refractivity contribution in [2.75, 3.05) is 5.32 Å². The van der Waals surface area contributed by atoms with Gasteiger partial charge >= 0.3 is 0 Å². The number of fused-ring (bicyclic) bond motifs is 1. The Morgan fingerprint density at radius 1 is 1.26 bits per heavy atom. The number of nitrogens with zero attached hydrogens (tertiary/aromatic N) is 1. The average Bonchev–Trinajstić information content (AvgIpc) is 2.75. The summed E-state index contributed by atoms with van der Waals surface area (Å²) in [5, 5.41) is 4.70. The van der Waals surface area contributed by atoms with Gasteiger partial charge in [0.05, 0.1) is 10.2 Å². The Hall–Kier alpha value is -0.610. The summed E-state index contributed by atoms with van der Waals surface area (Å²) in [4.78, 5) is 4.69. The monoisotopic (exact) mass is 338 g/mol. The lowest BCUT2D eigenvalue weighted by atomic mass is 9.79. The van der Waals surface area contributed by atoms with Crippen LogP contribution in [0.3, 0.4) is 0 Å². The molecule has 3 rings (SSSR count). The maximum Gasteiger partial charge on any atom is 0.184 e. The van der Waals surface area contributed by atoms with E-state index < -0.39 is 0 Å². The molecule has 0 amide bonds.